The van der Waals surface area contributed by atoms with Gasteiger partial charge < -0.3 is 4.42 Å². The van der Waals surface area contributed by atoms with E-state index in [0.717, 1.165) is 11.8 Å². The molecule has 2 aromatic carbocycles. The number of Topliss-reactive ketones (excluding diaryl/α,β-unsaturated/α-hetero) is 1. The second kappa shape index (κ2) is 8.76. The van der Waals surface area contributed by atoms with Crippen LogP contribution in [0.3, 0.4) is 0 Å². The van der Waals surface area contributed by atoms with Crippen molar-refractivity contribution in [2.75, 3.05) is 16.2 Å². The lowest BCUT2D eigenvalue weighted by Gasteiger charge is -2.05. The zero-order valence-corrected chi connectivity index (χ0v) is 17.1. The molecule has 0 radical (unpaired) electrons. The third-order valence-corrected chi connectivity index (χ3v) is 6.06. The van der Waals surface area contributed by atoms with E-state index < -0.39 is 10.0 Å². The molecule has 28 heavy (non-hydrogen) atoms. The first-order valence-corrected chi connectivity index (χ1v) is 11.2. The molecule has 1 N–H and O–H groups in total. The summed E-state index contributed by atoms with van der Waals surface area (Å²) in [6, 6.07) is 13.2. The standard InChI is InChI=1S/C18H16ClN3O4S2/c1-2-28(24,25)22-15-9-5-13(6-10-15)17-20-21-18(26-17)27-11-16(23)12-3-7-14(19)8-4-12/h3-10,22H,2,11H2,1H3. The molecule has 0 spiro atoms. The third-order valence-electron chi connectivity index (χ3n) is 3.68. The molecule has 0 saturated carbocycles. The Balaban J connectivity index is 1.62. The molecule has 146 valence electrons. The van der Waals surface area contributed by atoms with Gasteiger partial charge in [0, 0.05) is 21.8 Å². The summed E-state index contributed by atoms with van der Waals surface area (Å²) in [6.45, 7) is 1.56. The minimum Gasteiger partial charge on any atom is -0.411 e. The van der Waals surface area contributed by atoms with Crippen molar-refractivity contribution in [1.82, 2.24) is 10.2 Å². The van der Waals surface area contributed by atoms with Gasteiger partial charge in [-0.25, -0.2) is 8.42 Å². The fraction of sp³-hybridized carbons (Fsp3) is 0.167. The van der Waals surface area contributed by atoms with E-state index in [-0.39, 0.29) is 28.4 Å². The Hall–Kier alpha value is -2.36. The molecule has 3 rings (SSSR count). The number of nitrogens with zero attached hydrogens (tertiary/aromatic N) is 2. The Morgan fingerprint density at radius 3 is 2.43 bits per heavy atom. The number of rotatable bonds is 8. The van der Waals surface area contributed by atoms with Gasteiger partial charge in [0.05, 0.1) is 11.5 Å². The number of carbonyl (C=O) groups excluding carboxylic acids is 1. The van der Waals surface area contributed by atoms with Gasteiger partial charge in [-0.05, 0) is 55.5 Å². The average molecular weight is 438 g/mol. The summed E-state index contributed by atoms with van der Waals surface area (Å²) in [5.74, 6) is 0.356. The van der Waals surface area contributed by atoms with Crippen LogP contribution in [0.4, 0.5) is 5.69 Å². The van der Waals surface area contributed by atoms with Crippen molar-refractivity contribution in [3.63, 3.8) is 0 Å². The van der Waals surface area contributed by atoms with Gasteiger partial charge in [0.1, 0.15) is 0 Å². The monoisotopic (exact) mass is 437 g/mol. The van der Waals surface area contributed by atoms with Crippen LogP contribution in [-0.4, -0.2) is 35.9 Å². The van der Waals surface area contributed by atoms with Gasteiger partial charge in [0.25, 0.3) is 5.22 Å². The molecular formula is C18H16ClN3O4S2. The maximum atomic E-state index is 12.2. The summed E-state index contributed by atoms with van der Waals surface area (Å²) >= 11 is 6.96. The summed E-state index contributed by atoms with van der Waals surface area (Å²) in [5.41, 5.74) is 1.65. The molecular weight excluding hydrogens is 422 g/mol. The van der Waals surface area contributed by atoms with Crippen LogP contribution >= 0.6 is 23.4 Å². The topological polar surface area (TPSA) is 102 Å². The van der Waals surface area contributed by atoms with Gasteiger partial charge in [-0.2, -0.15) is 0 Å². The van der Waals surface area contributed by atoms with Crippen LogP contribution in [0.1, 0.15) is 17.3 Å². The third kappa shape index (κ3) is 5.34. The summed E-state index contributed by atoms with van der Waals surface area (Å²) in [7, 11) is -3.33. The molecule has 1 aromatic heterocycles. The number of carbonyl (C=O) groups is 1. The van der Waals surface area contributed by atoms with Crippen molar-refractivity contribution in [1.29, 1.82) is 0 Å². The number of halogens is 1. The van der Waals surface area contributed by atoms with E-state index in [4.69, 9.17) is 16.0 Å². The van der Waals surface area contributed by atoms with Crippen LogP contribution in [0.5, 0.6) is 0 Å². The molecule has 0 saturated heterocycles. The number of aromatic nitrogens is 2. The number of benzene rings is 2. The van der Waals surface area contributed by atoms with Crippen molar-refractivity contribution >= 4 is 44.9 Å². The Kier molecular flexibility index (Phi) is 6.38. The fourth-order valence-electron chi connectivity index (χ4n) is 2.16. The summed E-state index contributed by atoms with van der Waals surface area (Å²) in [6.07, 6.45) is 0. The maximum absolute atomic E-state index is 12.2. The van der Waals surface area contributed by atoms with Gasteiger partial charge >= 0.3 is 0 Å². The normalized spacial score (nSPS) is 11.4. The second-order valence-corrected chi connectivity index (χ2v) is 9.05. The van der Waals surface area contributed by atoms with Crippen molar-refractivity contribution in [2.45, 2.75) is 12.1 Å². The Morgan fingerprint density at radius 1 is 1.11 bits per heavy atom. The molecule has 0 aliphatic carbocycles. The van der Waals surface area contributed by atoms with Gasteiger partial charge in [0.2, 0.25) is 15.9 Å². The SMILES string of the molecule is CCS(=O)(=O)Nc1ccc(-c2nnc(SCC(=O)c3ccc(Cl)cc3)o2)cc1. The van der Waals surface area contributed by atoms with E-state index in [2.05, 4.69) is 14.9 Å². The summed E-state index contributed by atoms with van der Waals surface area (Å²) in [4.78, 5) is 12.2. The number of thioether (sulfide) groups is 1. The van der Waals surface area contributed by atoms with Crippen molar-refractivity contribution in [3.8, 4) is 11.5 Å². The molecule has 0 atom stereocenters. The highest BCUT2D eigenvalue weighted by molar-refractivity contribution is 7.99. The second-order valence-electron chi connectivity index (χ2n) is 5.67. The lowest BCUT2D eigenvalue weighted by Crippen LogP contribution is -2.14. The van der Waals surface area contributed by atoms with E-state index in [0.29, 0.717) is 21.8 Å². The highest BCUT2D eigenvalue weighted by atomic mass is 35.5. The molecule has 0 bridgehead atoms. The quantitative estimate of drug-likeness (QED) is 0.417. The number of ketones is 1. The number of sulfonamides is 1. The molecule has 10 heteroatoms. The molecule has 7 nitrogen and oxygen atoms in total. The predicted octanol–water partition coefficient (Wildman–Crippen LogP) is 4.13. The minimum absolute atomic E-state index is 0.00622. The number of anilines is 1. The Morgan fingerprint density at radius 2 is 1.79 bits per heavy atom. The maximum Gasteiger partial charge on any atom is 0.277 e. The summed E-state index contributed by atoms with van der Waals surface area (Å²) in [5, 5.41) is 8.73. The highest BCUT2D eigenvalue weighted by Gasteiger charge is 2.13. The molecule has 0 aliphatic heterocycles. The van der Waals surface area contributed by atoms with Gasteiger partial charge in [-0.3, -0.25) is 9.52 Å². The Bertz CT molecular complexity index is 1060. The first kappa shape index (κ1) is 20.4. The van der Waals surface area contributed by atoms with E-state index >= 15 is 0 Å². The van der Waals surface area contributed by atoms with Crippen LogP contribution < -0.4 is 4.72 Å². The first-order valence-electron chi connectivity index (χ1n) is 8.22. The molecule has 1 heterocycles. The lowest BCUT2D eigenvalue weighted by atomic mass is 10.1. The number of nitrogens with one attached hydrogen (secondary N) is 1. The van der Waals surface area contributed by atoms with Crippen LogP contribution in [-0.2, 0) is 10.0 Å². The lowest BCUT2D eigenvalue weighted by molar-refractivity contribution is 0.102. The van der Waals surface area contributed by atoms with E-state index in [1.54, 1.807) is 55.5 Å². The fourth-order valence-corrected chi connectivity index (χ4v) is 3.59. The predicted molar refractivity (Wildman–Crippen MR) is 109 cm³/mol. The largest absolute Gasteiger partial charge is 0.411 e. The zero-order valence-electron chi connectivity index (χ0n) is 14.8. The van der Waals surface area contributed by atoms with E-state index in [9.17, 15) is 13.2 Å². The minimum atomic E-state index is -3.33. The van der Waals surface area contributed by atoms with Crippen LogP contribution in [0, 0.1) is 0 Å². The van der Waals surface area contributed by atoms with Gasteiger partial charge in [-0.1, -0.05) is 23.4 Å². The van der Waals surface area contributed by atoms with Crippen molar-refractivity contribution < 1.29 is 17.6 Å². The molecule has 0 fully saturated rings. The average Bonchev–Trinajstić information content (AvgIpc) is 3.16. The smallest absolute Gasteiger partial charge is 0.277 e. The van der Waals surface area contributed by atoms with E-state index in [1.807, 2.05) is 0 Å². The number of hydrogen-bond donors (Lipinski definition) is 1. The van der Waals surface area contributed by atoms with Crippen molar-refractivity contribution in [3.05, 3.63) is 59.1 Å². The van der Waals surface area contributed by atoms with Crippen molar-refractivity contribution in [2.24, 2.45) is 0 Å². The first-order chi connectivity index (χ1) is 13.4. The summed E-state index contributed by atoms with van der Waals surface area (Å²) < 4.78 is 31.2. The molecule has 0 amide bonds. The molecule has 0 unspecified atom stereocenters. The van der Waals surface area contributed by atoms with Crippen LogP contribution in [0.15, 0.2) is 58.2 Å². The van der Waals surface area contributed by atoms with Gasteiger partial charge in [-0.15, -0.1) is 10.2 Å². The Labute approximate surface area is 171 Å². The number of hydrogen-bond acceptors (Lipinski definition) is 7. The van der Waals surface area contributed by atoms with E-state index in [1.165, 1.54) is 0 Å². The van der Waals surface area contributed by atoms with Crippen LogP contribution in [0.25, 0.3) is 11.5 Å². The highest BCUT2D eigenvalue weighted by Crippen LogP contribution is 2.25. The van der Waals surface area contributed by atoms with Crippen LogP contribution in [0.2, 0.25) is 5.02 Å². The molecule has 0 aliphatic rings. The van der Waals surface area contributed by atoms with Gasteiger partial charge in [0.15, 0.2) is 5.78 Å². The molecule has 3 aromatic rings. The zero-order chi connectivity index (χ0) is 20.1.